The van der Waals surface area contributed by atoms with Crippen molar-refractivity contribution >= 4 is 23.2 Å². The molecule has 1 saturated carbocycles. The Labute approximate surface area is 116 Å². The fraction of sp³-hybridized carbons (Fsp3) is 0.538. The molecule has 0 aromatic carbocycles. The van der Waals surface area contributed by atoms with Gasteiger partial charge in [0.15, 0.2) is 0 Å². The van der Waals surface area contributed by atoms with E-state index in [0.29, 0.717) is 17.9 Å². The Hall–Kier alpha value is -1.40. The van der Waals surface area contributed by atoms with E-state index in [-0.39, 0.29) is 31.0 Å². The van der Waals surface area contributed by atoms with E-state index in [1.165, 1.54) is 11.3 Å². The summed E-state index contributed by atoms with van der Waals surface area (Å²) in [7, 11) is 0. The first-order valence-electron chi connectivity index (χ1n) is 6.41. The van der Waals surface area contributed by atoms with Crippen LogP contribution in [0.4, 0.5) is 0 Å². The van der Waals surface area contributed by atoms with E-state index < -0.39 is 0 Å². The first kappa shape index (κ1) is 14.0. The van der Waals surface area contributed by atoms with Gasteiger partial charge in [-0.25, -0.2) is 0 Å². The van der Waals surface area contributed by atoms with Gasteiger partial charge in [0.1, 0.15) is 0 Å². The molecule has 1 aromatic heterocycles. The number of aliphatic hydroxyl groups excluding tert-OH is 1. The van der Waals surface area contributed by atoms with Gasteiger partial charge in [-0.3, -0.25) is 9.59 Å². The molecule has 19 heavy (non-hydrogen) atoms. The quantitative estimate of drug-likeness (QED) is 0.690. The molecule has 1 fully saturated rings. The number of nitrogens with one attached hydrogen (secondary N) is 2. The van der Waals surface area contributed by atoms with Crippen molar-refractivity contribution in [3.63, 3.8) is 0 Å². The molecule has 5 nitrogen and oxygen atoms in total. The highest BCUT2D eigenvalue weighted by atomic mass is 32.1. The van der Waals surface area contributed by atoms with Gasteiger partial charge < -0.3 is 15.7 Å². The summed E-state index contributed by atoms with van der Waals surface area (Å²) < 4.78 is 0. The number of hydrogen-bond acceptors (Lipinski definition) is 4. The molecule has 0 spiro atoms. The van der Waals surface area contributed by atoms with Gasteiger partial charge in [0.25, 0.3) is 5.91 Å². The molecule has 6 heteroatoms. The van der Waals surface area contributed by atoms with Crippen molar-refractivity contribution in [3.05, 3.63) is 22.4 Å². The zero-order chi connectivity index (χ0) is 13.7. The molecule has 1 aliphatic carbocycles. The van der Waals surface area contributed by atoms with Crippen molar-refractivity contribution in [1.29, 1.82) is 0 Å². The van der Waals surface area contributed by atoms with E-state index in [2.05, 4.69) is 10.6 Å². The van der Waals surface area contributed by atoms with Crippen LogP contribution < -0.4 is 10.6 Å². The Balaban J connectivity index is 1.73. The maximum atomic E-state index is 11.7. The van der Waals surface area contributed by atoms with Gasteiger partial charge in [-0.1, -0.05) is 0 Å². The number of hydrogen-bond donors (Lipinski definition) is 3. The lowest BCUT2D eigenvalue weighted by molar-refractivity contribution is -0.121. The van der Waals surface area contributed by atoms with Gasteiger partial charge in [0.2, 0.25) is 5.91 Å². The van der Waals surface area contributed by atoms with Gasteiger partial charge in [-0.05, 0) is 36.6 Å². The van der Waals surface area contributed by atoms with Crippen LogP contribution in [0.3, 0.4) is 0 Å². The van der Waals surface area contributed by atoms with Crippen LogP contribution in [-0.4, -0.2) is 36.1 Å². The van der Waals surface area contributed by atoms with Crippen LogP contribution in [0.25, 0.3) is 0 Å². The lowest BCUT2D eigenvalue weighted by atomic mass is 10.1. The summed E-state index contributed by atoms with van der Waals surface area (Å²) in [5, 5.41) is 18.0. The summed E-state index contributed by atoms with van der Waals surface area (Å²) in [5.41, 5.74) is 0.576. The number of aliphatic hydroxyl groups is 1. The summed E-state index contributed by atoms with van der Waals surface area (Å²) in [6.07, 6.45) is 2.79. The molecule has 2 rings (SSSR count). The molecule has 1 heterocycles. The molecule has 0 aliphatic heterocycles. The molecular weight excluding hydrogens is 264 g/mol. The number of amides is 2. The van der Waals surface area contributed by atoms with Crippen LogP contribution in [0.1, 0.15) is 29.6 Å². The predicted octanol–water partition coefficient (Wildman–Crippen LogP) is 0.755. The van der Waals surface area contributed by atoms with Crippen LogP contribution in [0, 0.1) is 5.92 Å². The van der Waals surface area contributed by atoms with E-state index >= 15 is 0 Å². The number of carbonyl (C=O) groups is 2. The molecule has 0 bridgehead atoms. The molecular formula is C13H18N2O3S. The normalized spacial score (nSPS) is 15.8. The average molecular weight is 282 g/mol. The Morgan fingerprint density at radius 1 is 1.47 bits per heavy atom. The van der Waals surface area contributed by atoms with E-state index in [0.717, 1.165) is 12.8 Å². The molecule has 104 valence electrons. The highest BCUT2D eigenvalue weighted by Gasteiger charge is 2.31. The molecule has 0 saturated heterocycles. The third-order valence-corrected chi connectivity index (χ3v) is 3.85. The van der Waals surface area contributed by atoms with Gasteiger partial charge in [0.05, 0.1) is 6.54 Å². The summed E-state index contributed by atoms with van der Waals surface area (Å²) in [6.45, 7) is 0.0477. The number of carbonyl (C=O) groups excluding carboxylic acids is 2. The van der Waals surface area contributed by atoms with Crippen LogP contribution in [0.15, 0.2) is 16.8 Å². The minimum Gasteiger partial charge on any atom is -0.396 e. The van der Waals surface area contributed by atoms with Crippen LogP contribution in [0.2, 0.25) is 0 Å². The minimum atomic E-state index is -0.235. The zero-order valence-corrected chi connectivity index (χ0v) is 11.4. The van der Waals surface area contributed by atoms with E-state index in [1.807, 2.05) is 5.38 Å². The Morgan fingerprint density at radius 3 is 2.84 bits per heavy atom. The maximum absolute atomic E-state index is 11.7. The molecule has 0 radical (unpaired) electrons. The third-order valence-electron chi connectivity index (χ3n) is 3.17. The number of rotatable bonds is 7. The van der Waals surface area contributed by atoms with Gasteiger partial charge in [-0.2, -0.15) is 11.3 Å². The Bertz CT molecular complexity index is 429. The Kier molecular flexibility index (Phi) is 4.93. The van der Waals surface area contributed by atoms with E-state index in [4.69, 9.17) is 5.11 Å². The standard InChI is InChI=1S/C13H18N2O3S/c16-5-3-11(9-1-2-9)15-12(17)7-14-13(18)10-4-6-19-8-10/h4,6,8-9,11,16H,1-3,5,7H2,(H,14,18)(H,15,17). The third kappa shape index (κ3) is 4.33. The first-order chi connectivity index (χ1) is 9.20. The SMILES string of the molecule is O=C(CNC(=O)c1ccsc1)NC(CCO)C1CC1. The van der Waals surface area contributed by atoms with Gasteiger partial charge in [0, 0.05) is 23.6 Å². The van der Waals surface area contributed by atoms with Crippen LogP contribution in [0.5, 0.6) is 0 Å². The van der Waals surface area contributed by atoms with Crippen molar-refractivity contribution in [2.45, 2.75) is 25.3 Å². The van der Waals surface area contributed by atoms with Crippen molar-refractivity contribution in [2.24, 2.45) is 5.92 Å². The second kappa shape index (κ2) is 6.68. The molecule has 2 amide bonds. The molecule has 3 N–H and O–H groups in total. The highest BCUT2D eigenvalue weighted by molar-refractivity contribution is 7.08. The monoisotopic (exact) mass is 282 g/mol. The van der Waals surface area contributed by atoms with Crippen molar-refractivity contribution < 1.29 is 14.7 Å². The van der Waals surface area contributed by atoms with Crippen LogP contribution in [-0.2, 0) is 4.79 Å². The smallest absolute Gasteiger partial charge is 0.252 e. The zero-order valence-electron chi connectivity index (χ0n) is 10.6. The average Bonchev–Trinajstić information content (AvgIpc) is 3.10. The second-order valence-corrected chi connectivity index (χ2v) is 5.50. The van der Waals surface area contributed by atoms with Gasteiger partial charge >= 0.3 is 0 Å². The highest BCUT2D eigenvalue weighted by Crippen LogP contribution is 2.33. The van der Waals surface area contributed by atoms with E-state index in [9.17, 15) is 9.59 Å². The van der Waals surface area contributed by atoms with Crippen molar-refractivity contribution in [3.8, 4) is 0 Å². The Morgan fingerprint density at radius 2 is 2.26 bits per heavy atom. The topological polar surface area (TPSA) is 78.4 Å². The largest absolute Gasteiger partial charge is 0.396 e. The molecule has 1 atom stereocenters. The van der Waals surface area contributed by atoms with Crippen molar-refractivity contribution in [2.75, 3.05) is 13.2 Å². The first-order valence-corrected chi connectivity index (χ1v) is 7.35. The fourth-order valence-electron chi connectivity index (χ4n) is 1.98. The molecule has 1 unspecified atom stereocenters. The lowest BCUT2D eigenvalue weighted by Crippen LogP contribution is -2.43. The van der Waals surface area contributed by atoms with Gasteiger partial charge in [-0.15, -0.1) is 0 Å². The summed E-state index contributed by atoms with van der Waals surface area (Å²) in [4.78, 5) is 23.4. The number of thiophene rings is 1. The summed E-state index contributed by atoms with van der Waals surface area (Å²) in [6, 6.07) is 1.76. The summed E-state index contributed by atoms with van der Waals surface area (Å²) in [5.74, 6) is 0.0548. The second-order valence-electron chi connectivity index (χ2n) is 4.72. The van der Waals surface area contributed by atoms with Crippen LogP contribution >= 0.6 is 11.3 Å². The maximum Gasteiger partial charge on any atom is 0.252 e. The van der Waals surface area contributed by atoms with E-state index in [1.54, 1.807) is 11.4 Å². The molecule has 1 aliphatic rings. The minimum absolute atomic E-state index is 0.0245. The predicted molar refractivity (Wildman–Crippen MR) is 73.0 cm³/mol. The summed E-state index contributed by atoms with van der Waals surface area (Å²) >= 11 is 1.44. The fourth-order valence-corrected chi connectivity index (χ4v) is 2.61. The molecule has 1 aromatic rings. The lowest BCUT2D eigenvalue weighted by Gasteiger charge is -2.17. The van der Waals surface area contributed by atoms with Crippen molar-refractivity contribution in [1.82, 2.24) is 10.6 Å².